The summed E-state index contributed by atoms with van der Waals surface area (Å²) in [6, 6.07) is 0. The van der Waals surface area contributed by atoms with Crippen LogP contribution in [0.25, 0.3) is 0 Å². The maximum absolute atomic E-state index is 11.7. The van der Waals surface area contributed by atoms with E-state index in [9.17, 15) is 9.59 Å². The van der Waals surface area contributed by atoms with Crippen molar-refractivity contribution in [2.75, 3.05) is 31.3 Å². The van der Waals surface area contributed by atoms with Crippen molar-refractivity contribution in [2.24, 2.45) is 0 Å². The third kappa shape index (κ3) is 2.63. The Morgan fingerprint density at radius 3 is 2.93 bits per heavy atom. The molecular formula is C9H14N2O3S. The van der Waals surface area contributed by atoms with Gasteiger partial charge in [0.05, 0.1) is 18.2 Å². The fourth-order valence-electron chi connectivity index (χ4n) is 1.58. The van der Waals surface area contributed by atoms with Gasteiger partial charge in [0.25, 0.3) is 5.91 Å². The van der Waals surface area contributed by atoms with Gasteiger partial charge in [-0.3, -0.25) is 14.4 Å². The quantitative estimate of drug-likeness (QED) is 0.674. The third-order valence-electron chi connectivity index (χ3n) is 2.43. The van der Waals surface area contributed by atoms with Crippen molar-refractivity contribution in [1.29, 1.82) is 0 Å². The Balaban J connectivity index is 1.82. The van der Waals surface area contributed by atoms with Gasteiger partial charge in [0.2, 0.25) is 5.91 Å². The van der Waals surface area contributed by atoms with Crippen LogP contribution < -0.4 is 0 Å². The summed E-state index contributed by atoms with van der Waals surface area (Å²) < 4.78 is 0. The van der Waals surface area contributed by atoms with Crippen LogP contribution in [-0.2, 0) is 14.4 Å². The topological polar surface area (TPSA) is 49.9 Å². The minimum Gasteiger partial charge on any atom is -0.323 e. The van der Waals surface area contributed by atoms with E-state index >= 15 is 0 Å². The lowest BCUT2D eigenvalue weighted by Gasteiger charge is -2.27. The van der Waals surface area contributed by atoms with Crippen LogP contribution in [0.15, 0.2) is 0 Å². The summed E-state index contributed by atoms with van der Waals surface area (Å²) in [4.78, 5) is 29.8. The smallest absolute Gasteiger partial charge is 0.265 e. The molecule has 0 spiro atoms. The second-order valence-corrected chi connectivity index (χ2v) is 4.56. The highest BCUT2D eigenvalue weighted by Gasteiger charge is 2.26. The molecule has 0 aromatic rings. The van der Waals surface area contributed by atoms with E-state index in [0.29, 0.717) is 24.8 Å². The number of hydrogen-bond donors (Lipinski definition) is 0. The molecule has 2 heterocycles. The molecule has 5 nitrogen and oxygen atoms in total. The number of hydrogen-bond acceptors (Lipinski definition) is 4. The van der Waals surface area contributed by atoms with Crippen LogP contribution >= 0.6 is 11.8 Å². The van der Waals surface area contributed by atoms with Crippen LogP contribution in [0.1, 0.15) is 12.8 Å². The van der Waals surface area contributed by atoms with E-state index in [0.717, 1.165) is 12.8 Å². The average molecular weight is 230 g/mol. The Morgan fingerprint density at radius 1 is 1.47 bits per heavy atom. The van der Waals surface area contributed by atoms with Crippen molar-refractivity contribution >= 4 is 23.6 Å². The molecule has 0 atom stereocenters. The molecule has 6 heteroatoms. The molecule has 2 aliphatic heterocycles. The summed E-state index contributed by atoms with van der Waals surface area (Å²) in [5.41, 5.74) is 0. The standard InChI is InChI=1S/C9H14N2O3S/c12-8(11-3-1-2-4-14-11)5-10-7-15-6-9(10)13/h1-7H2. The largest absolute Gasteiger partial charge is 0.323 e. The molecule has 2 saturated heterocycles. The van der Waals surface area contributed by atoms with Crippen LogP contribution in [0.4, 0.5) is 0 Å². The second kappa shape index (κ2) is 4.85. The maximum atomic E-state index is 11.7. The van der Waals surface area contributed by atoms with Gasteiger partial charge in [-0.2, -0.15) is 0 Å². The van der Waals surface area contributed by atoms with Gasteiger partial charge in [-0.25, -0.2) is 5.06 Å². The molecule has 0 aromatic heterocycles. The number of carbonyl (C=O) groups is 2. The summed E-state index contributed by atoms with van der Waals surface area (Å²) in [5, 5.41) is 1.39. The van der Waals surface area contributed by atoms with E-state index < -0.39 is 0 Å². The fraction of sp³-hybridized carbons (Fsp3) is 0.778. The van der Waals surface area contributed by atoms with Crippen molar-refractivity contribution in [2.45, 2.75) is 12.8 Å². The molecule has 0 N–H and O–H groups in total. The minimum absolute atomic E-state index is 0.0466. The molecular weight excluding hydrogens is 216 g/mol. The molecule has 2 aliphatic rings. The number of thioether (sulfide) groups is 1. The van der Waals surface area contributed by atoms with Crippen LogP contribution in [-0.4, -0.2) is 53.1 Å². The van der Waals surface area contributed by atoms with E-state index in [1.54, 1.807) is 16.7 Å². The Morgan fingerprint density at radius 2 is 2.33 bits per heavy atom. The summed E-state index contributed by atoms with van der Waals surface area (Å²) in [6.45, 7) is 1.41. The molecule has 0 radical (unpaired) electrons. The highest BCUT2D eigenvalue weighted by Crippen LogP contribution is 2.15. The van der Waals surface area contributed by atoms with Gasteiger partial charge < -0.3 is 4.90 Å². The molecule has 2 rings (SSSR count). The van der Waals surface area contributed by atoms with Crippen LogP contribution in [0, 0.1) is 0 Å². The van der Waals surface area contributed by atoms with Gasteiger partial charge in [0.15, 0.2) is 0 Å². The van der Waals surface area contributed by atoms with Crippen molar-refractivity contribution in [3.8, 4) is 0 Å². The van der Waals surface area contributed by atoms with Crippen molar-refractivity contribution in [1.82, 2.24) is 9.96 Å². The van der Waals surface area contributed by atoms with Gasteiger partial charge >= 0.3 is 0 Å². The predicted molar refractivity (Wildman–Crippen MR) is 55.9 cm³/mol. The lowest BCUT2D eigenvalue weighted by molar-refractivity contribution is -0.197. The van der Waals surface area contributed by atoms with Crippen molar-refractivity contribution in [3.05, 3.63) is 0 Å². The fourth-order valence-corrected chi connectivity index (χ4v) is 2.48. The van der Waals surface area contributed by atoms with Gasteiger partial charge in [0, 0.05) is 6.54 Å². The van der Waals surface area contributed by atoms with Gasteiger partial charge in [-0.15, -0.1) is 11.8 Å². The zero-order chi connectivity index (χ0) is 10.7. The van der Waals surface area contributed by atoms with E-state index in [1.807, 2.05) is 0 Å². The number of rotatable bonds is 2. The number of nitrogens with zero attached hydrogens (tertiary/aromatic N) is 2. The molecule has 0 bridgehead atoms. The zero-order valence-electron chi connectivity index (χ0n) is 8.48. The monoisotopic (exact) mass is 230 g/mol. The van der Waals surface area contributed by atoms with Gasteiger partial charge in [-0.1, -0.05) is 0 Å². The molecule has 0 aliphatic carbocycles. The predicted octanol–water partition coefficient (Wildman–Crippen LogP) is 0.0733. The summed E-state index contributed by atoms with van der Waals surface area (Å²) in [6.07, 6.45) is 1.98. The summed E-state index contributed by atoms with van der Waals surface area (Å²) >= 11 is 1.54. The first-order valence-electron chi connectivity index (χ1n) is 5.06. The molecule has 0 unspecified atom stereocenters. The summed E-state index contributed by atoms with van der Waals surface area (Å²) in [5.74, 6) is 1.06. The Labute approximate surface area is 92.7 Å². The first kappa shape index (κ1) is 10.8. The lowest BCUT2D eigenvalue weighted by Crippen LogP contribution is -2.43. The number of hydroxylamine groups is 2. The normalized spacial score (nSPS) is 22.3. The maximum Gasteiger partial charge on any atom is 0.265 e. The highest BCUT2D eigenvalue weighted by molar-refractivity contribution is 8.00. The molecule has 0 saturated carbocycles. The molecule has 84 valence electrons. The van der Waals surface area contributed by atoms with E-state index in [1.165, 1.54) is 5.06 Å². The molecule has 15 heavy (non-hydrogen) atoms. The molecule has 2 amide bonds. The SMILES string of the molecule is O=C1CSCN1CC(=O)N1CCCCO1. The van der Waals surface area contributed by atoms with E-state index in [2.05, 4.69) is 0 Å². The Bertz CT molecular complexity index is 266. The number of amides is 2. The third-order valence-corrected chi connectivity index (χ3v) is 3.38. The first-order chi connectivity index (χ1) is 7.27. The van der Waals surface area contributed by atoms with Gasteiger partial charge in [0.1, 0.15) is 6.54 Å². The minimum atomic E-state index is -0.106. The second-order valence-electron chi connectivity index (χ2n) is 3.61. The summed E-state index contributed by atoms with van der Waals surface area (Å²) in [7, 11) is 0. The first-order valence-corrected chi connectivity index (χ1v) is 6.21. The van der Waals surface area contributed by atoms with Crippen molar-refractivity contribution in [3.63, 3.8) is 0 Å². The van der Waals surface area contributed by atoms with Gasteiger partial charge in [-0.05, 0) is 12.8 Å². The molecule has 0 aromatic carbocycles. The highest BCUT2D eigenvalue weighted by atomic mass is 32.2. The van der Waals surface area contributed by atoms with Crippen LogP contribution in [0.3, 0.4) is 0 Å². The van der Waals surface area contributed by atoms with E-state index in [-0.39, 0.29) is 18.4 Å². The van der Waals surface area contributed by atoms with Crippen molar-refractivity contribution < 1.29 is 14.4 Å². The zero-order valence-corrected chi connectivity index (χ0v) is 9.29. The Hall–Kier alpha value is -0.750. The molecule has 2 fully saturated rings. The average Bonchev–Trinajstić information content (AvgIpc) is 2.66. The lowest BCUT2D eigenvalue weighted by atomic mass is 10.3. The van der Waals surface area contributed by atoms with E-state index in [4.69, 9.17) is 4.84 Å². The Kier molecular flexibility index (Phi) is 3.48. The number of carbonyl (C=O) groups excluding carboxylic acids is 2. The van der Waals surface area contributed by atoms with Crippen LogP contribution in [0.2, 0.25) is 0 Å². The van der Waals surface area contributed by atoms with Crippen LogP contribution in [0.5, 0.6) is 0 Å².